The molecule has 188 valence electrons. The number of likely N-dealkylation sites (tertiary alicyclic amines) is 1. The van der Waals surface area contributed by atoms with E-state index in [4.69, 9.17) is 4.74 Å². The van der Waals surface area contributed by atoms with Gasteiger partial charge in [-0.25, -0.2) is 0 Å². The van der Waals surface area contributed by atoms with Crippen LogP contribution >= 0.6 is 12.4 Å². The average molecular weight is 499 g/mol. The summed E-state index contributed by atoms with van der Waals surface area (Å²) >= 11 is 0. The molecule has 0 atom stereocenters. The molecule has 0 saturated carbocycles. The van der Waals surface area contributed by atoms with Crippen molar-refractivity contribution in [3.8, 4) is 5.75 Å². The maximum absolute atomic E-state index is 12.7. The summed E-state index contributed by atoms with van der Waals surface area (Å²) in [6.07, 6.45) is 0.334. The summed E-state index contributed by atoms with van der Waals surface area (Å²) in [6, 6.07) is 11.4. The summed E-state index contributed by atoms with van der Waals surface area (Å²) < 4.78 is 43.6. The normalized spacial score (nSPS) is 19.4. The van der Waals surface area contributed by atoms with Crippen molar-refractivity contribution in [2.75, 3.05) is 46.4 Å². The Balaban J connectivity index is 0.00000324. The number of alkyl halides is 3. The van der Waals surface area contributed by atoms with Crippen LogP contribution in [-0.4, -0.2) is 72.1 Å². The average Bonchev–Trinajstić information content (AvgIpc) is 3.05. The van der Waals surface area contributed by atoms with Crippen LogP contribution in [0.15, 0.2) is 42.6 Å². The molecule has 2 saturated heterocycles. The fourth-order valence-electron chi connectivity index (χ4n) is 4.98. The predicted octanol–water partition coefficient (Wildman–Crippen LogP) is 4.70. The number of ether oxygens (including phenoxy) is 1. The maximum Gasteiger partial charge on any atom is 0.433 e. The Labute approximate surface area is 206 Å². The third-order valence-corrected chi connectivity index (χ3v) is 6.80. The molecule has 2 aliphatic heterocycles. The van der Waals surface area contributed by atoms with Crippen molar-refractivity contribution < 1.29 is 17.9 Å². The fraction of sp³-hybridized carbons (Fsp3) is 0.560. The number of rotatable bonds is 6. The van der Waals surface area contributed by atoms with Gasteiger partial charge in [0.2, 0.25) is 0 Å². The third kappa shape index (κ3) is 7.07. The molecule has 0 N–H and O–H groups in total. The highest BCUT2D eigenvalue weighted by Crippen LogP contribution is 2.28. The third-order valence-electron chi connectivity index (χ3n) is 6.80. The maximum atomic E-state index is 12.7. The van der Waals surface area contributed by atoms with E-state index in [9.17, 15) is 13.2 Å². The second-order valence-corrected chi connectivity index (χ2v) is 9.03. The molecular weight excluding hydrogens is 465 g/mol. The monoisotopic (exact) mass is 498 g/mol. The number of para-hydroxylation sites is 1. The number of methoxy groups -OCH3 is 1. The van der Waals surface area contributed by atoms with Crippen LogP contribution in [0.3, 0.4) is 0 Å². The first-order valence-corrected chi connectivity index (χ1v) is 11.7. The smallest absolute Gasteiger partial charge is 0.433 e. The van der Waals surface area contributed by atoms with Gasteiger partial charge in [0.05, 0.1) is 7.11 Å². The largest absolute Gasteiger partial charge is 0.496 e. The number of hydrogen-bond donors (Lipinski definition) is 0. The molecule has 3 heterocycles. The number of hydrogen-bond acceptors (Lipinski definition) is 5. The molecule has 4 rings (SSSR count). The SMILES string of the molecule is COc1ccccc1CN1CCCN(C2CCN(Cc3ccc(C(F)(F)F)nc3)CC2)CC1.Cl. The summed E-state index contributed by atoms with van der Waals surface area (Å²) in [7, 11) is 1.73. The molecule has 0 amide bonds. The zero-order chi connectivity index (χ0) is 23.3. The topological polar surface area (TPSA) is 31.8 Å². The van der Waals surface area contributed by atoms with Crippen molar-refractivity contribution in [3.63, 3.8) is 0 Å². The van der Waals surface area contributed by atoms with Gasteiger partial charge in [-0.3, -0.25) is 19.7 Å². The highest BCUT2D eigenvalue weighted by atomic mass is 35.5. The van der Waals surface area contributed by atoms with Gasteiger partial charge >= 0.3 is 6.18 Å². The molecule has 1 aromatic carbocycles. The Morgan fingerprint density at radius 2 is 1.65 bits per heavy atom. The van der Waals surface area contributed by atoms with Crippen molar-refractivity contribution >= 4 is 12.4 Å². The van der Waals surface area contributed by atoms with E-state index >= 15 is 0 Å². The van der Waals surface area contributed by atoms with Gasteiger partial charge < -0.3 is 4.74 Å². The molecule has 0 radical (unpaired) electrons. The molecule has 0 aliphatic carbocycles. The van der Waals surface area contributed by atoms with Crippen LogP contribution in [0.2, 0.25) is 0 Å². The van der Waals surface area contributed by atoms with Gasteiger partial charge in [0.1, 0.15) is 11.4 Å². The van der Waals surface area contributed by atoms with Gasteiger partial charge in [0.25, 0.3) is 0 Å². The summed E-state index contributed by atoms with van der Waals surface area (Å²) in [5, 5.41) is 0. The van der Waals surface area contributed by atoms with E-state index in [1.165, 1.54) is 11.8 Å². The standard InChI is InChI=1S/C25H33F3N4O.ClH/c1-33-23-6-3-2-5-21(23)19-30-11-4-12-32(16-15-30)22-9-13-31(14-10-22)18-20-7-8-24(29-17-20)25(26,27)28;/h2-3,5-8,17,22H,4,9-16,18-19H2,1H3;1H. The number of benzene rings is 1. The molecule has 0 unspecified atom stereocenters. The minimum atomic E-state index is -4.38. The lowest BCUT2D eigenvalue weighted by molar-refractivity contribution is -0.141. The highest BCUT2D eigenvalue weighted by Gasteiger charge is 2.32. The lowest BCUT2D eigenvalue weighted by atomic mass is 10.0. The van der Waals surface area contributed by atoms with E-state index in [1.807, 2.05) is 12.1 Å². The fourth-order valence-corrected chi connectivity index (χ4v) is 4.98. The van der Waals surface area contributed by atoms with Gasteiger partial charge in [-0.1, -0.05) is 24.3 Å². The summed E-state index contributed by atoms with van der Waals surface area (Å²) in [4.78, 5) is 11.1. The Kier molecular flexibility index (Phi) is 9.59. The van der Waals surface area contributed by atoms with Crippen LogP contribution in [0.25, 0.3) is 0 Å². The van der Waals surface area contributed by atoms with Crippen LogP contribution in [0.1, 0.15) is 36.1 Å². The number of nitrogens with zero attached hydrogens (tertiary/aromatic N) is 4. The van der Waals surface area contributed by atoms with Gasteiger partial charge in [-0.15, -0.1) is 12.4 Å². The molecule has 0 bridgehead atoms. The van der Waals surface area contributed by atoms with Crippen LogP contribution in [0.4, 0.5) is 13.2 Å². The second kappa shape index (κ2) is 12.2. The molecule has 1 aromatic heterocycles. The molecule has 34 heavy (non-hydrogen) atoms. The molecule has 9 heteroatoms. The Hall–Kier alpha value is -1.87. The predicted molar refractivity (Wildman–Crippen MR) is 129 cm³/mol. The van der Waals surface area contributed by atoms with Crippen LogP contribution in [0.5, 0.6) is 5.75 Å². The van der Waals surface area contributed by atoms with Crippen LogP contribution in [-0.2, 0) is 19.3 Å². The van der Waals surface area contributed by atoms with E-state index in [0.29, 0.717) is 12.6 Å². The lowest BCUT2D eigenvalue weighted by Gasteiger charge is -2.38. The van der Waals surface area contributed by atoms with Gasteiger partial charge in [0.15, 0.2) is 0 Å². The first-order valence-electron chi connectivity index (χ1n) is 11.7. The number of halogens is 4. The molecule has 5 nitrogen and oxygen atoms in total. The van der Waals surface area contributed by atoms with Crippen LogP contribution < -0.4 is 4.74 Å². The highest BCUT2D eigenvalue weighted by molar-refractivity contribution is 5.85. The molecular formula is C25H34ClF3N4O. The first kappa shape index (κ1) is 26.7. The summed E-state index contributed by atoms with van der Waals surface area (Å²) in [6.45, 7) is 7.84. The van der Waals surface area contributed by atoms with Crippen molar-refractivity contribution in [1.82, 2.24) is 19.7 Å². The van der Waals surface area contributed by atoms with E-state index < -0.39 is 11.9 Å². The van der Waals surface area contributed by atoms with E-state index in [2.05, 4.69) is 31.8 Å². The summed E-state index contributed by atoms with van der Waals surface area (Å²) in [5.74, 6) is 0.953. The molecule has 2 aromatic rings. The zero-order valence-corrected chi connectivity index (χ0v) is 20.5. The van der Waals surface area contributed by atoms with Crippen molar-refractivity contribution in [1.29, 1.82) is 0 Å². The van der Waals surface area contributed by atoms with Gasteiger partial charge in [0, 0.05) is 44.0 Å². The molecule has 0 spiro atoms. The number of piperidine rings is 1. The van der Waals surface area contributed by atoms with E-state index in [-0.39, 0.29) is 12.4 Å². The minimum absolute atomic E-state index is 0. The van der Waals surface area contributed by atoms with Crippen molar-refractivity contribution in [3.05, 3.63) is 59.4 Å². The van der Waals surface area contributed by atoms with Crippen molar-refractivity contribution in [2.45, 2.75) is 44.6 Å². The van der Waals surface area contributed by atoms with Gasteiger partial charge in [-0.2, -0.15) is 13.2 Å². The number of pyridine rings is 1. The molecule has 2 fully saturated rings. The Morgan fingerprint density at radius 3 is 2.32 bits per heavy atom. The Morgan fingerprint density at radius 1 is 0.912 bits per heavy atom. The summed E-state index contributed by atoms with van der Waals surface area (Å²) in [5.41, 5.74) is 1.24. The minimum Gasteiger partial charge on any atom is -0.496 e. The van der Waals surface area contributed by atoms with Gasteiger partial charge in [-0.05, 0) is 63.1 Å². The zero-order valence-electron chi connectivity index (χ0n) is 19.6. The van der Waals surface area contributed by atoms with Crippen LogP contribution in [0, 0.1) is 0 Å². The van der Waals surface area contributed by atoms with E-state index in [0.717, 1.165) is 82.5 Å². The quantitative estimate of drug-likeness (QED) is 0.576. The lowest BCUT2D eigenvalue weighted by Crippen LogP contribution is -2.45. The number of aromatic nitrogens is 1. The Bertz CT molecular complexity index is 888. The molecule has 2 aliphatic rings. The first-order chi connectivity index (χ1) is 15.9. The van der Waals surface area contributed by atoms with E-state index in [1.54, 1.807) is 13.2 Å². The second-order valence-electron chi connectivity index (χ2n) is 9.03. The van der Waals surface area contributed by atoms with Crippen molar-refractivity contribution in [2.24, 2.45) is 0 Å².